The van der Waals surface area contributed by atoms with Gasteiger partial charge in [-0.25, -0.2) is 0 Å². The van der Waals surface area contributed by atoms with Gasteiger partial charge in [0.25, 0.3) is 0 Å². The van der Waals surface area contributed by atoms with Crippen LogP contribution in [0.25, 0.3) is 0 Å². The summed E-state index contributed by atoms with van der Waals surface area (Å²) in [5.41, 5.74) is 2.11. The molecule has 5 nitrogen and oxygen atoms in total. The molecule has 3 rings (SSSR count). The highest BCUT2D eigenvalue weighted by Crippen LogP contribution is 2.30. The van der Waals surface area contributed by atoms with Crippen LogP contribution in [-0.2, 0) is 11.2 Å². The smallest absolute Gasteiger partial charge is 0.220 e. The first-order chi connectivity index (χ1) is 11.2. The number of benzene rings is 1. The molecule has 1 N–H and O–H groups in total. The van der Waals surface area contributed by atoms with Gasteiger partial charge in [0.05, 0.1) is 11.7 Å². The Balaban J connectivity index is 1.59. The summed E-state index contributed by atoms with van der Waals surface area (Å²) in [6.45, 7) is 0.995. The molecule has 1 aromatic carbocycles. The largest absolute Gasteiger partial charge is 0.351 e. The zero-order valence-electron chi connectivity index (χ0n) is 13.4. The van der Waals surface area contributed by atoms with Gasteiger partial charge < -0.3 is 5.32 Å². The van der Waals surface area contributed by atoms with E-state index >= 15 is 0 Å². The monoisotopic (exact) mass is 310 g/mol. The van der Waals surface area contributed by atoms with Crippen LogP contribution in [0.4, 0.5) is 0 Å². The quantitative estimate of drug-likeness (QED) is 0.917. The molecule has 1 aromatic heterocycles. The van der Waals surface area contributed by atoms with E-state index in [-0.39, 0.29) is 18.0 Å². The highest BCUT2D eigenvalue weighted by molar-refractivity contribution is 5.76. The van der Waals surface area contributed by atoms with Gasteiger partial charge in [0.1, 0.15) is 0 Å². The van der Waals surface area contributed by atoms with Crippen molar-refractivity contribution in [1.29, 1.82) is 0 Å². The molecule has 2 atom stereocenters. The van der Waals surface area contributed by atoms with Crippen molar-refractivity contribution >= 4 is 5.91 Å². The number of aryl methyl sites for hydroxylation is 1. The minimum absolute atomic E-state index is 0.0804. The number of hydrogen-bond donors (Lipinski definition) is 1. The van der Waals surface area contributed by atoms with E-state index in [2.05, 4.69) is 51.5 Å². The van der Waals surface area contributed by atoms with Crippen LogP contribution in [0, 0.1) is 0 Å². The maximum atomic E-state index is 12.3. The second kappa shape index (κ2) is 7.33. The van der Waals surface area contributed by atoms with Gasteiger partial charge in [-0.3, -0.25) is 19.7 Å². The molecule has 1 saturated heterocycles. The van der Waals surface area contributed by atoms with Crippen LogP contribution < -0.4 is 5.32 Å². The van der Waals surface area contributed by atoms with Crippen LogP contribution in [0.2, 0.25) is 0 Å². The SMILES string of the molecule is CN1CC[C@@H](NC(=O)CCc2cnccn2)[C@H]1c1ccccc1. The molecule has 2 heterocycles. The predicted octanol–water partition coefficient (Wildman–Crippen LogP) is 1.97. The van der Waals surface area contributed by atoms with Crippen molar-refractivity contribution in [2.45, 2.75) is 31.3 Å². The summed E-state index contributed by atoms with van der Waals surface area (Å²) < 4.78 is 0. The third kappa shape index (κ3) is 3.93. The van der Waals surface area contributed by atoms with E-state index in [1.54, 1.807) is 18.6 Å². The van der Waals surface area contributed by atoms with Crippen LogP contribution in [0.3, 0.4) is 0 Å². The molecule has 0 unspecified atom stereocenters. The number of hydrogen-bond acceptors (Lipinski definition) is 4. The van der Waals surface area contributed by atoms with Crippen LogP contribution in [0.1, 0.15) is 30.1 Å². The van der Waals surface area contributed by atoms with Crippen molar-refractivity contribution in [3.8, 4) is 0 Å². The lowest BCUT2D eigenvalue weighted by Gasteiger charge is -2.26. The zero-order chi connectivity index (χ0) is 16.1. The molecule has 23 heavy (non-hydrogen) atoms. The third-order valence-corrected chi connectivity index (χ3v) is 4.36. The number of nitrogens with zero attached hydrogens (tertiary/aromatic N) is 3. The molecule has 0 spiro atoms. The standard InChI is InChI=1S/C18H22N4O/c1-22-12-9-16(18(22)14-5-3-2-4-6-14)21-17(23)8-7-15-13-19-10-11-20-15/h2-6,10-11,13,16,18H,7-9,12H2,1H3,(H,21,23)/t16-,18-/m1/s1. The van der Waals surface area contributed by atoms with E-state index in [1.165, 1.54) is 5.56 Å². The first kappa shape index (κ1) is 15.6. The van der Waals surface area contributed by atoms with E-state index in [4.69, 9.17) is 0 Å². The van der Waals surface area contributed by atoms with Gasteiger partial charge in [0, 0.05) is 37.6 Å². The van der Waals surface area contributed by atoms with Gasteiger partial charge in [0.2, 0.25) is 5.91 Å². The Labute approximate surface area is 136 Å². The number of nitrogens with one attached hydrogen (secondary N) is 1. The lowest BCUT2D eigenvalue weighted by Crippen LogP contribution is -2.39. The van der Waals surface area contributed by atoms with Crippen molar-refractivity contribution in [2.24, 2.45) is 0 Å². The van der Waals surface area contributed by atoms with Crippen LogP contribution in [0.5, 0.6) is 0 Å². The first-order valence-corrected chi connectivity index (χ1v) is 8.03. The number of amides is 1. The number of carbonyl (C=O) groups excluding carboxylic acids is 1. The molecule has 0 radical (unpaired) electrons. The maximum Gasteiger partial charge on any atom is 0.220 e. The molecule has 0 aliphatic carbocycles. The second-order valence-electron chi connectivity index (χ2n) is 6.00. The number of rotatable bonds is 5. The van der Waals surface area contributed by atoms with Gasteiger partial charge >= 0.3 is 0 Å². The number of likely N-dealkylation sites (N-methyl/N-ethyl adjacent to an activating group) is 1. The van der Waals surface area contributed by atoms with Gasteiger partial charge in [-0.1, -0.05) is 30.3 Å². The number of carbonyl (C=O) groups is 1. The van der Waals surface area contributed by atoms with Crippen LogP contribution in [0.15, 0.2) is 48.9 Å². The Morgan fingerprint density at radius 3 is 2.87 bits per heavy atom. The van der Waals surface area contributed by atoms with Gasteiger partial charge in [-0.05, 0) is 25.5 Å². The topological polar surface area (TPSA) is 58.1 Å². The van der Waals surface area contributed by atoms with E-state index < -0.39 is 0 Å². The van der Waals surface area contributed by atoms with Gasteiger partial charge in [0.15, 0.2) is 0 Å². The Hall–Kier alpha value is -2.27. The van der Waals surface area contributed by atoms with Crippen molar-refractivity contribution in [1.82, 2.24) is 20.2 Å². The molecule has 1 aliphatic heterocycles. The number of likely N-dealkylation sites (tertiary alicyclic amines) is 1. The molecule has 5 heteroatoms. The van der Waals surface area contributed by atoms with Crippen molar-refractivity contribution < 1.29 is 4.79 Å². The fourth-order valence-corrected chi connectivity index (χ4v) is 3.21. The molecule has 120 valence electrons. The minimum atomic E-state index is 0.0804. The molecule has 0 saturated carbocycles. The minimum Gasteiger partial charge on any atom is -0.351 e. The molecule has 0 bridgehead atoms. The summed E-state index contributed by atoms with van der Waals surface area (Å²) in [7, 11) is 2.11. The maximum absolute atomic E-state index is 12.3. The van der Waals surface area contributed by atoms with Crippen molar-refractivity contribution in [2.75, 3.05) is 13.6 Å². The van der Waals surface area contributed by atoms with Crippen molar-refractivity contribution in [3.05, 3.63) is 60.2 Å². The normalized spacial score (nSPS) is 21.3. The molecule has 1 fully saturated rings. The average molecular weight is 310 g/mol. The fourth-order valence-electron chi connectivity index (χ4n) is 3.21. The van der Waals surface area contributed by atoms with Gasteiger partial charge in [-0.15, -0.1) is 0 Å². The third-order valence-electron chi connectivity index (χ3n) is 4.36. The Kier molecular flexibility index (Phi) is 4.98. The molecular weight excluding hydrogens is 288 g/mol. The molecular formula is C18H22N4O. The van der Waals surface area contributed by atoms with E-state index in [0.29, 0.717) is 12.8 Å². The highest BCUT2D eigenvalue weighted by Gasteiger charge is 2.33. The summed E-state index contributed by atoms with van der Waals surface area (Å²) >= 11 is 0. The van der Waals surface area contributed by atoms with E-state index in [0.717, 1.165) is 18.7 Å². The average Bonchev–Trinajstić information content (AvgIpc) is 2.95. The molecule has 2 aromatic rings. The van der Waals surface area contributed by atoms with E-state index in [9.17, 15) is 4.79 Å². The van der Waals surface area contributed by atoms with Gasteiger partial charge in [-0.2, -0.15) is 0 Å². The summed E-state index contributed by atoms with van der Waals surface area (Å²) in [6.07, 6.45) is 7.06. The summed E-state index contributed by atoms with van der Waals surface area (Å²) in [6, 6.07) is 10.8. The zero-order valence-corrected chi connectivity index (χ0v) is 13.4. The van der Waals surface area contributed by atoms with E-state index in [1.807, 2.05) is 6.07 Å². The predicted molar refractivity (Wildman–Crippen MR) is 88.7 cm³/mol. The summed E-state index contributed by atoms with van der Waals surface area (Å²) in [5.74, 6) is 0.0804. The lowest BCUT2D eigenvalue weighted by molar-refractivity contribution is -0.121. The highest BCUT2D eigenvalue weighted by atomic mass is 16.1. The number of aromatic nitrogens is 2. The second-order valence-corrected chi connectivity index (χ2v) is 6.00. The molecule has 1 amide bonds. The first-order valence-electron chi connectivity index (χ1n) is 8.03. The van der Waals surface area contributed by atoms with Crippen molar-refractivity contribution in [3.63, 3.8) is 0 Å². The summed E-state index contributed by atoms with van der Waals surface area (Å²) in [5, 5.41) is 3.20. The van der Waals surface area contributed by atoms with Crippen LogP contribution >= 0.6 is 0 Å². The lowest BCUT2D eigenvalue weighted by atomic mass is 10.00. The molecule has 1 aliphatic rings. The van der Waals surface area contributed by atoms with Crippen LogP contribution in [-0.4, -0.2) is 40.4 Å². The Morgan fingerprint density at radius 2 is 2.13 bits per heavy atom. The Morgan fingerprint density at radius 1 is 1.30 bits per heavy atom. The Bertz CT molecular complexity index is 632. The fraction of sp³-hybridized carbons (Fsp3) is 0.389. The summed E-state index contributed by atoms with van der Waals surface area (Å²) in [4.78, 5) is 22.8.